The summed E-state index contributed by atoms with van der Waals surface area (Å²) in [5.41, 5.74) is 1.74. The number of nitrogens with zero attached hydrogens (tertiary/aromatic N) is 1. The summed E-state index contributed by atoms with van der Waals surface area (Å²) in [7, 11) is 0. The number of rotatable bonds is 4. The third-order valence-electron chi connectivity index (χ3n) is 4.34. The number of imidazole rings is 1. The molecule has 2 aliphatic rings. The second kappa shape index (κ2) is 7.02. The van der Waals surface area contributed by atoms with Crippen LogP contribution in [0.5, 0.6) is 0 Å². The Kier molecular flexibility index (Phi) is 4.75. The number of benzene rings is 1. The number of carbonyl (C=O) groups is 2. The van der Waals surface area contributed by atoms with Gasteiger partial charge in [-0.15, -0.1) is 11.8 Å². The van der Waals surface area contributed by atoms with Crippen LogP contribution in [0.1, 0.15) is 35.2 Å². The van der Waals surface area contributed by atoms with Crippen molar-refractivity contribution in [3.05, 3.63) is 51.2 Å². The van der Waals surface area contributed by atoms with E-state index in [2.05, 4.69) is 9.97 Å². The second-order valence-corrected chi connectivity index (χ2v) is 8.50. The lowest BCUT2D eigenvalue weighted by Crippen LogP contribution is -2.19. The van der Waals surface area contributed by atoms with Gasteiger partial charge in [-0.2, -0.15) is 0 Å². The zero-order valence-corrected chi connectivity index (χ0v) is 15.7. The van der Waals surface area contributed by atoms with Crippen molar-refractivity contribution in [2.75, 3.05) is 5.75 Å². The number of carbonyl (C=O) groups excluding carboxylic acids is 2. The topological polar surface area (TPSA) is 62.8 Å². The van der Waals surface area contributed by atoms with E-state index < -0.39 is 0 Å². The lowest BCUT2D eigenvalue weighted by molar-refractivity contribution is -0.115. The summed E-state index contributed by atoms with van der Waals surface area (Å²) in [6, 6.07) is 3.70. The molecule has 0 amide bonds. The highest BCUT2D eigenvalue weighted by Gasteiger charge is 2.30. The Bertz CT molecular complexity index is 891. The summed E-state index contributed by atoms with van der Waals surface area (Å²) in [6.07, 6.45) is 6.11. The third-order valence-corrected chi connectivity index (χ3v) is 6.94. The number of halogens is 1. The maximum Gasteiger partial charge on any atom is 0.198 e. The Morgan fingerprint density at radius 1 is 1.28 bits per heavy atom. The molecule has 1 aromatic carbocycles. The lowest BCUT2D eigenvalue weighted by Gasteiger charge is -2.18. The monoisotopic (exact) mass is 390 g/mol. The molecule has 0 bridgehead atoms. The predicted octanol–water partition coefficient (Wildman–Crippen LogP) is 4.69. The van der Waals surface area contributed by atoms with Crippen molar-refractivity contribution in [2.24, 2.45) is 0 Å². The van der Waals surface area contributed by atoms with Crippen LogP contribution in [0.2, 0.25) is 5.02 Å². The number of fused-ring (bicyclic) bond motifs is 1. The molecule has 0 radical (unpaired) electrons. The van der Waals surface area contributed by atoms with Crippen LogP contribution in [0.15, 0.2) is 45.1 Å². The standard InChI is InChI=1S/C18H15ClN2O2S2/c19-16-10-6-9-24-13(10)5-4-11(16)17(23)15-12(22)2-1-3-14(15)25-18-20-7-8-21-18/h4-5,7-8H,1-3,6,9H2,(H,20,21). The van der Waals surface area contributed by atoms with Gasteiger partial charge in [-0.1, -0.05) is 23.4 Å². The first-order valence-electron chi connectivity index (χ1n) is 8.07. The highest BCUT2D eigenvalue weighted by molar-refractivity contribution is 8.03. The zero-order valence-electron chi connectivity index (χ0n) is 13.3. The van der Waals surface area contributed by atoms with E-state index >= 15 is 0 Å². The first kappa shape index (κ1) is 16.9. The van der Waals surface area contributed by atoms with Crippen LogP contribution in [-0.4, -0.2) is 27.3 Å². The van der Waals surface area contributed by atoms with Crippen molar-refractivity contribution in [1.29, 1.82) is 0 Å². The molecule has 128 valence electrons. The number of ketones is 2. The van der Waals surface area contributed by atoms with E-state index in [9.17, 15) is 9.59 Å². The van der Waals surface area contributed by atoms with Crippen molar-refractivity contribution >= 4 is 46.7 Å². The number of Topliss-reactive ketones (excluding diaryl/α,β-unsaturated/α-hetero) is 2. The molecular formula is C18H15ClN2O2S2. The summed E-state index contributed by atoms with van der Waals surface area (Å²) in [4.78, 5) is 34.8. The van der Waals surface area contributed by atoms with Gasteiger partial charge in [0.05, 0.1) is 10.6 Å². The second-order valence-electron chi connectivity index (χ2n) is 5.90. The minimum Gasteiger partial charge on any atom is -0.339 e. The molecule has 0 fully saturated rings. The molecule has 0 spiro atoms. The fourth-order valence-electron chi connectivity index (χ4n) is 3.14. The van der Waals surface area contributed by atoms with Crippen LogP contribution in [0, 0.1) is 0 Å². The Hall–Kier alpha value is -1.50. The van der Waals surface area contributed by atoms with Gasteiger partial charge >= 0.3 is 0 Å². The van der Waals surface area contributed by atoms with Crippen LogP contribution in [0.3, 0.4) is 0 Å². The number of thioether (sulfide) groups is 2. The number of nitrogens with one attached hydrogen (secondary N) is 1. The number of hydrogen-bond donors (Lipinski definition) is 1. The third kappa shape index (κ3) is 3.18. The molecule has 25 heavy (non-hydrogen) atoms. The van der Waals surface area contributed by atoms with E-state index in [0.717, 1.165) is 34.0 Å². The number of allylic oxidation sites excluding steroid dienone is 2. The maximum absolute atomic E-state index is 13.2. The number of hydrogen-bond acceptors (Lipinski definition) is 5. The fraction of sp³-hybridized carbons (Fsp3) is 0.278. The smallest absolute Gasteiger partial charge is 0.198 e. The number of aromatic amines is 1. The number of aromatic nitrogens is 2. The minimum atomic E-state index is -0.261. The van der Waals surface area contributed by atoms with E-state index in [1.165, 1.54) is 11.8 Å². The average molecular weight is 391 g/mol. The minimum absolute atomic E-state index is 0.101. The summed E-state index contributed by atoms with van der Waals surface area (Å²) < 4.78 is 0. The molecule has 0 saturated heterocycles. The molecule has 2 aromatic rings. The average Bonchev–Trinajstić information content (AvgIpc) is 3.26. The molecule has 1 aliphatic carbocycles. The van der Waals surface area contributed by atoms with E-state index in [-0.39, 0.29) is 17.1 Å². The van der Waals surface area contributed by atoms with Gasteiger partial charge in [0, 0.05) is 39.9 Å². The Labute approximate surface area is 158 Å². The molecule has 0 atom stereocenters. The summed E-state index contributed by atoms with van der Waals surface area (Å²) in [5.74, 6) is 0.619. The Balaban J connectivity index is 1.76. The molecule has 0 saturated carbocycles. The van der Waals surface area contributed by atoms with E-state index in [1.807, 2.05) is 6.07 Å². The molecule has 4 nitrogen and oxygen atoms in total. The van der Waals surface area contributed by atoms with Gasteiger partial charge in [-0.05, 0) is 37.0 Å². The summed E-state index contributed by atoms with van der Waals surface area (Å²) in [6.45, 7) is 0. The van der Waals surface area contributed by atoms with Gasteiger partial charge in [-0.3, -0.25) is 9.59 Å². The number of H-pyrrole nitrogens is 1. The van der Waals surface area contributed by atoms with Crippen molar-refractivity contribution in [1.82, 2.24) is 9.97 Å². The Morgan fingerprint density at radius 2 is 2.16 bits per heavy atom. The van der Waals surface area contributed by atoms with Crippen LogP contribution in [0.4, 0.5) is 0 Å². The fourth-order valence-corrected chi connectivity index (χ4v) is 5.64. The van der Waals surface area contributed by atoms with E-state index in [4.69, 9.17) is 11.6 Å². The zero-order chi connectivity index (χ0) is 17.4. The first-order chi connectivity index (χ1) is 12.1. The molecule has 1 aliphatic heterocycles. The summed E-state index contributed by atoms with van der Waals surface area (Å²) >= 11 is 9.63. The first-order valence-corrected chi connectivity index (χ1v) is 10.3. The van der Waals surface area contributed by atoms with Crippen LogP contribution in [-0.2, 0) is 11.2 Å². The van der Waals surface area contributed by atoms with Gasteiger partial charge in [-0.25, -0.2) is 4.98 Å². The molecule has 2 heterocycles. The Morgan fingerprint density at radius 3 is 2.96 bits per heavy atom. The highest BCUT2D eigenvalue weighted by atomic mass is 35.5. The predicted molar refractivity (Wildman–Crippen MR) is 101 cm³/mol. The highest BCUT2D eigenvalue weighted by Crippen LogP contribution is 2.40. The maximum atomic E-state index is 13.2. The van der Waals surface area contributed by atoms with Gasteiger partial charge in [0.1, 0.15) is 0 Å². The van der Waals surface area contributed by atoms with E-state index in [0.29, 0.717) is 28.6 Å². The largest absolute Gasteiger partial charge is 0.339 e. The van der Waals surface area contributed by atoms with E-state index in [1.54, 1.807) is 30.2 Å². The molecule has 1 N–H and O–H groups in total. The quantitative estimate of drug-likeness (QED) is 0.605. The van der Waals surface area contributed by atoms with Gasteiger partial charge in [0.2, 0.25) is 0 Å². The van der Waals surface area contributed by atoms with Gasteiger partial charge in [0.25, 0.3) is 0 Å². The summed E-state index contributed by atoms with van der Waals surface area (Å²) in [5, 5.41) is 1.19. The van der Waals surface area contributed by atoms with Gasteiger partial charge in [0.15, 0.2) is 16.7 Å². The van der Waals surface area contributed by atoms with Crippen LogP contribution < -0.4 is 0 Å². The van der Waals surface area contributed by atoms with Gasteiger partial charge < -0.3 is 4.98 Å². The molecule has 1 aromatic heterocycles. The van der Waals surface area contributed by atoms with Crippen molar-refractivity contribution in [2.45, 2.75) is 35.7 Å². The normalized spacial score (nSPS) is 17.1. The van der Waals surface area contributed by atoms with Crippen molar-refractivity contribution in [3.63, 3.8) is 0 Å². The van der Waals surface area contributed by atoms with Crippen molar-refractivity contribution < 1.29 is 9.59 Å². The molecule has 7 heteroatoms. The molecular weight excluding hydrogens is 376 g/mol. The SMILES string of the molecule is O=C1CCCC(Sc2ncc[nH]2)=C1C(=O)c1ccc2c(c1Cl)CCS2. The molecule has 4 rings (SSSR count). The molecule has 0 unspecified atom stereocenters. The van der Waals surface area contributed by atoms with Crippen molar-refractivity contribution in [3.8, 4) is 0 Å². The lowest BCUT2D eigenvalue weighted by atomic mass is 9.91. The van der Waals surface area contributed by atoms with Crippen LogP contribution >= 0.6 is 35.1 Å². The van der Waals surface area contributed by atoms with Crippen LogP contribution in [0.25, 0.3) is 0 Å².